The molecule has 0 radical (unpaired) electrons. The van der Waals surface area contributed by atoms with E-state index >= 15 is 0 Å². The Kier molecular flexibility index (Phi) is 2.94. The molecule has 1 nitrogen and oxygen atoms in total. The van der Waals surface area contributed by atoms with Crippen molar-refractivity contribution in [1.82, 2.24) is 0 Å². The van der Waals surface area contributed by atoms with E-state index in [9.17, 15) is 5.11 Å². The lowest BCUT2D eigenvalue weighted by molar-refractivity contribution is 0.160. The number of rotatable bonds is 1. The Hall–Kier alpha value is -0.300. The van der Waals surface area contributed by atoms with Crippen LogP contribution in [0.3, 0.4) is 0 Å². The molecule has 0 aromatic heterocycles. The van der Waals surface area contributed by atoms with Gasteiger partial charge in [0.2, 0.25) is 0 Å². The zero-order chi connectivity index (χ0) is 9.19. The molecule has 0 aliphatic heterocycles. The molecule has 0 aromatic carbocycles. The predicted octanol–water partition coefficient (Wildman–Crippen LogP) is 2.89. The van der Waals surface area contributed by atoms with Gasteiger partial charge in [0, 0.05) is 0 Å². The van der Waals surface area contributed by atoms with E-state index in [1.54, 1.807) is 0 Å². The second-order valence-corrected chi connectivity index (χ2v) is 5.03. The Morgan fingerprint density at radius 1 is 1.50 bits per heavy atom. The molecule has 70 valence electrons. The molecule has 12 heavy (non-hydrogen) atoms. The second-order valence-electron chi connectivity index (χ2n) is 5.03. The third-order valence-electron chi connectivity index (χ3n) is 2.23. The summed E-state index contributed by atoms with van der Waals surface area (Å²) < 4.78 is 0. The van der Waals surface area contributed by atoms with Gasteiger partial charge in [-0.3, -0.25) is 0 Å². The van der Waals surface area contributed by atoms with Crippen molar-refractivity contribution in [2.75, 3.05) is 0 Å². The monoisotopic (exact) mass is 168 g/mol. The fourth-order valence-electron chi connectivity index (χ4n) is 1.72. The van der Waals surface area contributed by atoms with Crippen LogP contribution < -0.4 is 0 Å². The van der Waals surface area contributed by atoms with Crippen molar-refractivity contribution < 1.29 is 5.11 Å². The average Bonchev–Trinajstić information content (AvgIpc) is 1.91. The highest BCUT2D eigenvalue weighted by molar-refractivity contribution is 5.08. The van der Waals surface area contributed by atoms with E-state index in [1.807, 2.05) is 0 Å². The van der Waals surface area contributed by atoms with Crippen LogP contribution in [-0.2, 0) is 0 Å². The molecule has 0 aromatic rings. The van der Waals surface area contributed by atoms with Crippen LogP contribution in [0, 0.1) is 5.41 Å². The Morgan fingerprint density at radius 2 is 2.17 bits per heavy atom. The van der Waals surface area contributed by atoms with E-state index < -0.39 is 0 Å². The minimum Gasteiger partial charge on any atom is -0.393 e. The minimum atomic E-state index is -0.0753. The van der Waals surface area contributed by atoms with Gasteiger partial charge in [-0.1, -0.05) is 32.4 Å². The van der Waals surface area contributed by atoms with Crippen LogP contribution in [0.25, 0.3) is 0 Å². The topological polar surface area (TPSA) is 20.2 Å². The summed E-state index contributed by atoms with van der Waals surface area (Å²) in [5.41, 5.74) is 1.93. The molecule has 0 fully saturated rings. The lowest BCUT2D eigenvalue weighted by Gasteiger charge is -2.24. The van der Waals surface area contributed by atoms with Gasteiger partial charge in [0.1, 0.15) is 0 Å². The van der Waals surface area contributed by atoms with Gasteiger partial charge in [0.15, 0.2) is 0 Å². The van der Waals surface area contributed by atoms with Crippen molar-refractivity contribution in [2.45, 2.75) is 52.6 Å². The molecular weight excluding hydrogens is 148 g/mol. The lowest BCUT2D eigenvalue weighted by atomic mass is 9.83. The quantitative estimate of drug-likeness (QED) is 0.597. The van der Waals surface area contributed by atoms with Gasteiger partial charge in [0.05, 0.1) is 6.10 Å². The number of aliphatic hydroxyl groups is 1. The number of hydrogen-bond acceptors (Lipinski definition) is 1. The molecule has 1 heteroatoms. The van der Waals surface area contributed by atoms with Crippen molar-refractivity contribution >= 4 is 0 Å². The first kappa shape index (κ1) is 9.79. The van der Waals surface area contributed by atoms with Crippen molar-refractivity contribution in [3.8, 4) is 0 Å². The zero-order valence-corrected chi connectivity index (χ0v) is 8.43. The molecule has 1 atom stereocenters. The van der Waals surface area contributed by atoms with E-state index in [-0.39, 0.29) is 6.10 Å². The predicted molar refractivity (Wildman–Crippen MR) is 52.0 cm³/mol. The number of allylic oxidation sites excluding steroid dienone is 1. The second kappa shape index (κ2) is 3.61. The molecule has 0 saturated carbocycles. The van der Waals surface area contributed by atoms with Crippen LogP contribution in [0.15, 0.2) is 11.6 Å². The summed E-state index contributed by atoms with van der Waals surface area (Å²) >= 11 is 0. The lowest BCUT2D eigenvalue weighted by Crippen LogP contribution is -2.14. The molecule has 1 unspecified atom stereocenters. The maximum Gasteiger partial charge on any atom is 0.0577 e. The maximum atomic E-state index is 9.28. The first-order chi connectivity index (χ1) is 5.47. The molecule has 0 bridgehead atoms. The first-order valence-electron chi connectivity index (χ1n) is 4.83. The SMILES string of the molecule is CC(C)(C)CC1=CCC(O)CC1. The van der Waals surface area contributed by atoms with Gasteiger partial charge >= 0.3 is 0 Å². The summed E-state index contributed by atoms with van der Waals surface area (Å²) in [6, 6.07) is 0. The molecule has 0 saturated heterocycles. The van der Waals surface area contributed by atoms with E-state index in [0.29, 0.717) is 5.41 Å². The summed E-state index contributed by atoms with van der Waals surface area (Å²) in [4.78, 5) is 0. The fourth-order valence-corrected chi connectivity index (χ4v) is 1.72. The van der Waals surface area contributed by atoms with Crippen LogP contribution in [-0.4, -0.2) is 11.2 Å². The smallest absolute Gasteiger partial charge is 0.0577 e. The summed E-state index contributed by atoms with van der Waals surface area (Å²) in [5, 5.41) is 9.28. The van der Waals surface area contributed by atoms with E-state index in [1.165, 1.54) is 12.0 Å². The van der Waals surface area contributed by atoms with Crippen LogP contribution >= 0.6 is 0 Å². The van der Waals surface area contributed by atoms with Crippen molar-refractivity contribution in [3.05, 3.63) is 11.6 Å². The zero-order valence-electron chi connectivity index (χ0n) is 8.43. The Bertz CT molecular complexity index is 174. The number of hydrogen-bond donors (Lipinski definition) is 1. The Balaban J connectivity index is 2.44. The molecule has 0 heterocycles. The highest BCUT2D eigenvalue weighted by atomic mass is 16.3. The van der Waals surface area contributed by atoms with Crippen LogP contribution in [0.1, 0.15) is 46.5 Å². The van der Waals surface area contributed by atoms with Crippen LogP contribution in [0.5, 0.6) is 0 Å². The Labute approximate surface area is 75.5 Å². The summed E-state index contributed by atoms with van der Waals surface area (Å²) in [6.45, 7) is 6.79. The average molecular weight is 168 g/mol. The molecule has 1 aliphatic carbocycles. The Morgan fingerprint density at radius 3 is 2.58 bits per heavy atom. The minimum absolute atomic E-state index is 0.0753. The highest BCUT2D eigenvalue weighted by Crippen LogP contribution is 2.29. The van der Waals surface area contributed by atoms with Gasteiger partial charge < -0.3 is 5.11 Å². The summed E-state index contributed by atoms with van der Waals surface area (Å²) in [6.07, 6.45) is 6.25. The van der Waals surface area contributed by atoms with Gasteiger partial charge in [-0.05, 0) is 31.1 Å². The highest BCUT2D eigenvalue weighted by Gasteiger charge is 2.17. The molecule has 1 rings (SSSR count). The van der Waals surface area contributed by atoms with Crippen molar-refractivity contribution in [2.24, 2.45) is 5.41 Å². The van der Waals surface area contributed by atoms with E-state index in [0.717, 1.165) is 19.3 Å². The standard InChI is InChI=1S/C11H20O/c1-11(2,3)8-9-4-6-10(12)7-5-9/h4,10,12H,5-8H2,1-3H3. The molecule has 0 amide bonds. The molecule has 1 N–H and O–H groups in total. The van der Waals surface area contributed by atoms with Crippen LogP contribution in [0.4, 0.5) is 0 Å². The number of aliphatic hydroxyl groups excluding tert-OH is 1. The molecular formula is C11H20O. The maximum absolute atomic E-state index is 9.28. The normalized spacial score (nSPS) is 25.3. The molecule has 0 spiro atoms. The fraction of sp³-hybridized carbons (Fsp3) is 0.818. The van der Waals surface area contributed by atoms with Gasteiger partial charge in [-0.15, -0.1) is 0 Å². The summed E-state index contributed by atoms with van der Waals surface area (Å²) in [7, 11) is 0. The molecule has 1 aliphatic rings. The van der Waals surface area contributed by atoms with Gasteiger partial charge in [-0.25, -0.2) is 0 Å². The third-order valence-corrected chi connectivity index (χ3v) is 2.23. The van der Waals surface area contributed by atoms with Crippen LogP contribution in [0.2, 0.25) is 0 Å². The van der Waals surface area contributed by atoms with Gasteiger partial charge in [-0.2, -0.15) is 0 Å². The largest absolute Gasteiger partial charge is 0.393 e. The summed E-state index contributed by atoms with van der Waals surface area (Å²) in [5.74, 6) is 0. The van der Waals surface area contributed by atoms with Crippen molar-refractivity contribution in [1.29, 1.82) is 0 Å². The first-order valence-corrected chi connectivity index (χ1v) is 4.83. The third kappa shape index (κ3) is 3.40. The van der Waals surface area contributed by atoms with Gasteiger partial charge in [0.25, 0.3) is 0 Å². The van der Waals surface area contributed by atoms with Crippen molar-refractivity contribution in [3.63, 3.8) is 0 Å². The van der Waals surface area contributed by atoms with E-state index in [2.05, 4.69) is 26.8 Å². The van der Waals surface area contributed by atoms with E-state index in [4.69, 9.17) is 0 Å².